The SMILES string of the molecule is Cc1c(C(N)=O)c2cc(O)ccc2n1Cc1ccccc1. The maximum atomic E-state index is 11.7. The first kappa shape index (κ1) is 13.2. The lowest BCUT2D eigenvalue weighted by molar-refractivity contribution is 0.100. The van der Waals surface area contributed by atoms with Crippen molar-refractivity contribution >= 4 is 16.8 Å². The van der Waals surface area contributed by atoms with Gasteiger partial charge in [0.15, 0.2) is 0 Å². The molecule has 1 amide bonds. The minimum Gasteiger partial charge on any atom is -0.508 e. The van der Waals surface area contributed by atoms with Crippen LogP contribution in [-0.4, -0.2) is 15.6 Å². The second-order valence-electron chi connectivity index (χ2n) is 5.10. The molecule has 0 aliphatic rings. The molecule has 0 aliphatic heterocycles. The summed E-state index contributed by atoms with van der Waals surface area (Å²) in [4.78, 5) is 11.7. The van der Waals surface area contributed by atoms with Crippen molar-refractivity contribution in [1.29, 1.82) is 0 Å². The molecular formula is C17H16N2O2. The largest absolute Gasteiger partial charge is 0.508 e. The van der Waals surface area contributed by atoms with Crippen LogP contribution in [0.3, 0.4) is 0 Å². The summed E-state index contributed by atoms with van der Waals surface area (Å²) in [5.41, 5.74) is 8.82. The molecule has 0 atom stereocenters. The first-order valence-electron chi connectivity index (χ1n) is 6.73. The van der Waals surface area contributed by atoms with E-state index in [1.54, 1.807) is 12.1 Å². The molecule has 4 heteroatoms. The third kappa shape index (κ3) is 2.25. The number of rotatable bonds is 3. The second-order valence-corrected chi connectivity index (χ2v) is 5.10. The monoisotopic (exact) mass is 280 g/mol. The number of phenols is 1. The Morgan fingerprint density at radius 1 is 1.19 bits per heavy atom. The van der Waals surface area contributed by atoms with Gasteiger partial charge >= 0.3 is 0 Å². The fraction of sp³-hybridized carbons (Fsp3) is 0.118. The molecule has 106 valence electrons. The van der Waals surface area contributed by atoms with Crippen LogP contribution in [0, 0.1) is 6.92 Å². The smallest absolute Gasteiger partial charge is 0.251 e. The number of carbonyl (C=O) groups excluding carboxylic acids is 1. The number of nitrogens with zero attached hydrogens (tertiary/aromatic N) is 1. The Morgan fingerprint density at radius 2 is 1.90 bits per heavy atom. The van der Waals surface area contributed by atoms with Crippen LogP contribution in [0.2, 0.25) is 0 Å². The van der Waals surface area contributed by atoms with Crippen molar-refractivity contribution in [3.63, 3.8) is 0 Å². The van der Waals surface area contributed by atoms with E-state index in [4.69, 9.17) is 5.73 Å². The van der Waals surface area contributed by atoms with Gasteiger partial charge in [-0.1, -0.05) is 30.3 Å². The number of primary amides is 1. The van der Waals surface area contributed by atoms with Gasteiger partial charge in [0.25, 0.3) is 5.91 Å². The number of phenolic OH excluding ortho intramolecular Hbond substituents is 1. The first-order chi connectivity index (χ1) is 10.1. The Morgan fingerprint density at radius 3 is 2.57 bits per heavy atom. The van der Waals surface area contributed by atoms with Gasteiger partial charge in [0.1, 0.15) is 5.75 Å². The number of benzene rings is 2. The van der Waals surface area contributed by atoms with Crippen molar-refractivity contribution < 1.29 is 9.90 Å². The fourth-order valence-corrected chi connectivity index (χ4v) is 2.75. The molecule has 0 radical (unpaired) electrons. The zero-order valence-corrected chi connectivity index (χ0v) is 11.7. The highest BCUT2D eigenvalue weighted by molar-refractivity contribution is 6.08. The van der Waals surface area contributed by atoms with Crippen molar-refractivity contribution in [3.8, 4) is 5.75 Å². The van der Waals surface area contributed by atoms with E-state index in [1.807, 2.05) is 47.9 Å². The Kier molecular flexibility index (Phi) is 3.14. The molecule has 0 bridgehead atoms. The lowest BCUT2D eigenvalue weighted by Gasteiger charge is -2.08. The van der Waals surface area contributed by atoms with Crippen molar-refractivity contribution in [3.05, 3.63) is 65.4 Å². The third-order valence-electron chi connectivity index (χ3n) is 3.74. The number of fused-ring (bicyclic) bond motifs is 1. The summed E-state index contributed by atoms with van der Waals surface area (Å²) >= 11 is 0. The minimum atomic E-state index is -0.477. The van der Waals surface area contributed by atoms with Crippen LogP contribution in [0.4, 0.5) is 0 Å². The molecule has 0 saturated carbocycles. The van der Waals surface area contributed by atoms with Crippen LogP contribution < -0.4 is 5.73 Å². The van der Waals surface area contributed by atoms with Crippen LogP contribution in [0.25, 0.3) is 10.9 Å². The number of hydrogen-bond donors (Lipinski definition) is 2. The Balaban J connectivity index is 2.23. The summed E-state index contributed by atoms with van der Waals surface area (Å²) < 4.78 is 2.05. The van der Waals surface area contributed by atoms with E-state index in [-0.39, 0.29) is 5.75 Å². The highest BCUT2D eigenvalue weighted by Crippen LogP contribution is 2.29. The van der Waals surface area contributed by atoms with Crippen LogP contribution in [0.1, 0.15) is 21.6 Å². The number of nitrogens with two attached hydrogens (primary N) is 1. The van der Waals surface area contributed by atoms with Crippen molar-refractivity contribution in [1.82, 2.24) is 4.57 Å². The molecule has 3 rings (SSSR count). The minimum absolute atomic E-state index is 0.127. The van der Waals surface area contributed by atoms with Gasteiger partial charge in [0, 0.05) is 23.1 Å². The van der Waals surface area contributed by atoms with Gasteiger partial charge < -0.3 is 15.4 Å². The van der Waals surface area contributed by atoms with E-state index in [9.17, 15) is 9.90 Å². The summed E-state index contributed by atoms with van der Waals surface area (Å²) in [5.74, 6) is -0.350. The lowest BCUT2D eigenvalue weighted by atomic mass is 10.1. The molecule has 0 aliphatic carbocycles. The maximum absolute atomic E-state index is 11.7. The number of amides is 1. The molecular weight excluding hydrogens is 264 g/mol. The Bertz CT molecular complexity index is 820. The predicted molar refractivity (Wildman–Crippen MR) is 82.4 cm³/mol. The molecule has 0 spiro atoms. The van der Waals surface area contributed by atoms with Crippen LogP contribution in [-0.2, 0) is 6.54 Å². The number of aromatic hydroxyl groups is 1. The summed E-state index contributed by atoms with van der Waals surface area (Å²) in [6.45, 7) is 2.53. The van der Waals surface area contributed by atoms with Crippen molar-refractivity contribution in [2.45, 2.75) is 13.5 Å². The van der Waals surface area contributed by atoms with E-state index in [1.165, 1.54) is 0 Å². The lowest BCUT2D eigenvalue weighted by Crippen LogP contribution is -2.13. The van der Waals surface area contributed by atoms with Gasteiger partial charge in [-0.2, -0.15) is 0 Å². The number of hydrogen-bond acceptors (Lipinski definition) is 2. The average molecular weight is 280 g/mol. The fourth-order valence-electron chi connectivity index (χ4n) is 2.75. The third-order valence-corrected chi connectivity index (χ3v) is 3.74. The molecule has 0 unspecified atom stereocenters. The van der Waals surface area contributed by atoms with E-state index < -0.39 is 5.91 Å². The van der Waals surface area contributed by atoms with Gasteiger partial charge in [-0.05, 0) is 30.7 Å². The molecule has 0 saturated heterocycles. The molecule has 2 aromatic carbocycles. The van der Waals surface area contributed by atoms with Crippen LogP contribution in [0.5, 0.6) is 5.75 Å². The van der Waals surface area contributed by atoms with E-state index in [0.29, 0.717) is 17.5 Å². The second kappa shape index (κ2) is 4.98. The Hall–Kier alpha value is -2.75. The highest BCUT2D eigenvalue weighted by atomic mass is 16.3. The molecule has 21 heavy (non-hydrogen) atoms. The van der Waals surface area contributed by atoms with Gasteiger partial charge in [0.05, 0.1) is 5.56 Å². The van der Waals surface area contributed by atoms with Crippen molar-refractivity contribution in [2.75, 3.05) is 0 Å². The number of carbonyl (C=O) groups is 1. The summed E-state index contributed by atoms with van der Waals surface area (Å²) in [7, 11) is 0. The van der Waals surface area contributed by atoms with Crippen LogP contribution >= 0.6 is 0 Å². The topological polar surface area (TPSA) is 68.2 Å². The number of aromatic nitrogens is 1. The summed E-state index contributed by atoms with van der Waals surface area (Å²) in [6, 6.07) is 15.0. The summed E-state index contributed by atoms with van der Waals surface area (Å²) in [5, 5.41) is 10.4. The highest BCUT2D eigenvalue weighted by Gasteiger charge is 2.18. The summed E-state index contributed by atoms with van der Waals surface area (Å²) in [6.07, 6.45) is 0. The Labute approximate surface area is 122 Å². The molecule has 3 aromatic rings. The van der Waals surface area contributed by atoms with Gasteiger partial charge in [-0.15, -0.1) is 0 Å². The van der Waals surface area contributed by atoms with E-state index in [2.05, 4.69) is 0 Å². The predicted octanol–water partition coefficient (Wildman–Crippen LogP) is 2.80. The van der Waals surface area contributed by atoms with Crippen LogP contribution in [0.15, 0.2) is 48.5 Å². The van der Waals surface area contributed by atoms with E-state index >= 15 is 0 Å². The van der Waals surface area contributed by atoms with Gasteiger partial charge in [-0.3, -0.25) is 4.79 Å². The molecule has 1 aromatic heterocycles. The van der Waals surface area contributed by atoms with E-state index in [0.717, 1.165) is 16.8 Å². The quantitative estimate of drug-likeness (QED) is 0.774. The van der Waals surface area contributed by atoms with Crippen molar-refractivity contribution in [2.24, 2.45) is 5.73 Å². The maximum Gasteiger partial charge on any atom is 0.251 e. The van der Waals surface area contributed by atoms with Gasteiger partial charge in [-0.25, -0.2) is 0 Å². The molecule has 1 heterocycles. The average Bonchev–Trinajstić information content (AvgIpc) is 2.72. The standard InChI is InChI=1S/C17H16N2O2/c1-11-16(17(18)21)14-9-13(20)7-8-15(14)19(11)10-12-5-3-2-4-6-12/h2-9,20H,10H2,1H3,(H2,18,21). The zero-order valence-electron chi connectivity index (χ0n) is 11.7. The zero-order chi connectivity index (χ0) is 15.0. The molecule has 4 nitrogen and oxygen atoms in total. The molecule has 3 N–H and O–H groups in total. The van der Waals surface area contributed by atoms with Gasteiger partial charge in [0.2, 0.25) is 0 Å². The molecule has 0 fully saturated rings. The normalized spacial score (nSPS) is 10.9. The first-order valence-corrected chi connectivity index (χ1v) is 6.73.